The predicted molar refractivity (Wildman–Crippen MR) is 68.6 cm³/mol. The summed E-state index contributed by atoms with van der Waals surface area (Å²) in [5, 5.41) is 11.3. The summed E-state index contributed by atoms with van der Waals surface area (Å²) in [6.07, 6.45) is -2.05. The first-order valence-electron chi connectivity index (χ1n) is 5.64. The van der Waals surface area contributed by atoms with Crippen LogP contribution in [-0.4, -0.2) is 45.7 Å². The molecule has 9 heteroatoms. The Morgan fingerprint density at radius 1 is 1.55 bits per heavy atom. The lowest BCUT2D eigenvalue weighted by molar-refractivity contribution is -0.120. The van der Waals surface area contributed by atoms with E-state index in [-0.39, 0.29) is 23.3 Å². The van der Waals surface area contributed by atoms with Crippen LogP contribution in [0.3, 0.4) is 0 Å². The lowest BCUT2D eigenvalue weighted by Gasteiger charge is -2.20. The first-order chi connectivity index (χ1) is 9.38. The van der Waals surface area contributed by atoms with Gasteiger partial charge >= 0.3 is 6.09 Å². The summed E-state index contributed by atoms with van der Waals surface area (Å²) >= 11 is 3.02. The molecule has 2 atom stereocenters. The minimum atomic E-state index is -1.38. The van der Waals surface area contributed by atoms with E-state index in [0.717, 1.165) is 17.2 Å². The fraction of sp³-hybridized carbons (Fsp3) is 0.364. The van der Waals surface area contributed by atoms with Gasteiger partial charge in [0.15, 0.2) is 0 Å². The van der Waals surface area contributed by atoms with Gasteiger partial charge in [0.25, 0.3) is 0 Å². The maximum atomic E-state index is 13.3. The van der Waals surface area contributed by atoms with Crippen molar-refractivity contribution in [1.82, 2.24) is 9.88 Å². The molecular formula is C11H10BrF2N3O3. The Kier molecular flexibility index (Phi) is 4.17. The Morgan fingerprint density at radius 2 is 2.25 bits per heavy atom. The Labute approximate surface area is 120 Å². The number of rotatable bonds is 2. The second-order valence-electron chi connectivity index (χ2n) is 4.26. The molecule has 0 spiro atoms. The zero-order valence-corrected chi connectivity index (χ0v) is 11.6. The fourth-order valence-corrected chi connectivity index (χ4v) is 2.37. The van der Waals surface area contributed by atoms with Crippen LogP contribution >= 0.6 is 15.9 Å². The number of carboxylic acid groups (broad SMARTS) is 1. The van der Waals surface area contributed by atoms with Gasteiger partial charge in [-0.2, -0.15) is 0 Å². The number of hydrogen-bond donors (Lipinski definition) is 2. The molecule has 1 fully saturated rings. The monoisotopic (exact) mass is 349 g/mol. The molecule has 0 radical (unpaired) electrons. The zero-order valence-electron chi connectivity index (χ0n) is 10.0. The first-order valence-corrected chi connectivity index (χ1v) is 6.43. The largest absolute Gasteiger partial charge is 0.465 e. The number of anilines is 1. The van der Waals surface area contributed by atoms with Crippen LogP contribution in [0.25, 0.3) is 0 Å². The topological polar surface area (TPSA) is 82.5 Å². The van der Waals surface area contributed by atoms with Crippen molar-refractivity contribution < 1.29 is 23.5 Å². The van der Waals surface area contributed by atoms with Crippen LogP contribution < -0.4 is 5.32 Å². The summed E-state index contributed by atoms with van der Waals surface area (Å²) in [7, 11) is 0. The second kappa shape index (κ2) is 5.70. The summed E-state index contributed by atoms with van der Waals surface area (Å²) in [5.74, 6) is -1.25. The number of hydrogen-bond acceptors (Lipinski definition) is 3. The molecule has 1 aromatic rings. The fourth-order valence-electron chi connectivity index (χ4n) is 1.95. The summed E-state index contributed by atoms with van der Waals surface area (Å²) in [6, 6.07) is -0.0225. The molecule has 1 aliphatic heterocycles. The molecule has 0 unspecified atom stereocenters. The summed E-state index contributed by atoms with van der Waals surface area (Å²) in [5.41, 5.74) is 0. The summed E-state index contributed by atoms with van der Waals surface area (Å²) < 4.78 is 26.3. The van der Waals surface area contributed by atoms with Crippen LogP contribution in [0.4, 0.5) is 19.4 Å². The van der Waals surface area contributed by atoms with Crippen LogP contribution in [-0.2, 0) is 4.79 Å². The Bertz CT molecular complexity index is 558. The summed E-state index contributed by atoms with van der Waals surface area (Å²) in [6.45, 7) is -0.342. The van der Waals surface area contributed by atoms with Gasteiger partial charge < -0.3 is 10.4 Å². The van der Waals surface area contributed by atoms with Gasteiger partial charge in [-0.25, -0.2) is 18.6 Å². The van der Waals surface area contributed by atoms with Crippen molar-refractivity contribution in [2.75, 3.05) is 11.9 Å². The smallest absolute Gasteiger partial charge is 0.408 e. The maximum absolute atomic E-state index is 13.3. The van der Waals surface area contributed by atoms with Crippen molar-refractivity contribution in [2.24, 2.45) is 0 Å². The van der Waals surface area contributed by atoms with Gasteiger partial charge in [0.2, 0.25) is 5.91 Å². The second-order valence-corrected chi connectivity index (χ2v) is 5.11. The molecule has 1 aliphatic rings. The number of nitrogens with one attached hydrogen (secondary N) is 1. The van der Waals surface area contributed by atoms with Gasteiger partial charge in [-0.3, -0.25) is 9.69 Å². The molecule has 2 amide bonds. The summed E-state index contributed by atoms with van der Waals surface area (Å²) in [4.78, 5) is 27.3. The average Bonchev–Trinajstić information content (AvgIpc) is 2.75. The van der Waals surface area contributed by atoms with Crippen molar-refractivity contribution in [3.63, 3.8) is 0 Å². The van der Waals surface area contributed by atoms with Crippen molar-refractivity contribution in [3.05, 3.63) is 22.6 Å². The Balaban J connectivity index is 2.13. The normalized spacial score (nSPS) is 21.9. The molecule has 1 aromatic heterocycles. The number of carbonyl (C=O) groups is 2. The molecule has 108 valence electrons. The number of amides is 2. The van der Waals surface area contributed by atoms with E-state index in [9.17, 15) is 18.4 Å². The number of alkyl halides is 1. The van der Waals surface area contributed by atoms with Gasteiger partial charge in [-0.1, -0.05) is 0 Å². The van der Waals surface area contributed by atoms with Gasteiger partial charge in [-0.15, -0.1) is 0 Å². The molecule has 2 N–H and O–H groups in total. The first kappa shape index (κ1) is 14.6. The molecule has 2 rings (SSSR count). The SMILES string of the molecule is O=C(Nc1ncc(F)cc1Br)[C@@H]1C[C@@H](F)CN1C(=O)O. The number of likely N-dealkylation sites (tertiary alicyclic amines) is 1. The highest BCUT2D eigenvalue weighted by Gasteiger charge is 2.40. The van der Waals surface area contributed by atoms with Crippen LogP contribution in [0.1, 0.15) is 6.42 Å². The van der Waals surface area contributed by atoms with Gasteiger partial charge in [0.05, 0.1) is 17.2 Å². The molecule has 2 heterocycles. The van der Waals surface area contributed by atoms with Crippen LogP contribution in [0.2, 0.25) is 0 Å². The average molecular weight is 350 g/mol. The highest BCUT2D eigenvalue weighted by molar-refractivity contribution is 9.10. The maximum Gasteiger partial charge on any atom is 0.408 e. The third kappa shape index (κ3) is 3.03. The van der Waals surface area contributed by atoms with E-state index in [0.29, 0.717) is 0 Å². The minimum Gasteiger partial charge on any atom is -0.465 e. The molecule has 0 bridgehead atoms. The van der Waals surface area contributed by atoms with Crippen LogP contribution in [0, 0.1) is 5.82 Å². The number of carbonyl (C=O) groups excluding carboxylic acids is 1. The van der Waals surface area contributed by atoms with E-state index in [1.807, 2.05) is 0 Å². The van der Waals surface area contributed by atoms with E-state index in [1.165, 1.54) is 0 Å². The van der Waals surface area contributed by atoms with Crippen molar-refractivity contribution >= 4 is 33.7 Å². The van der Waals surface area contributed by atoms with E-state index in [2.05, 4.69) is 26.2 Å². The standard InChI is InChI=1S/C11H10BrF2N3O3/c12-7-1-5(13)3-15-9(7)16-10(18)8-2-6(14)4-17(8)11(19)20/h1,3,6,8H,2,4H2,(H,19,20)(H,15,16,18)/t6-,8+/m1/s1. The Morgan fingerprint density at radius 3 is 2.85 bits per heavy atom. The van der Waals surface area contributed by atoms with Gasteiger partial charge in [-0.05, 0) is 22.0 Å². The molecule has 6 nitrogen and oxygen atoms in total. The molecule has 20 heavy (non-hydrogen) atoms. The molecule has 0 saturated carbocycles. The van der Waals surface area contributed by atoms with E-state index in [4.69, 9.17) is 5.11 Å². The number of nitrogens with zero attached hydrogens (tertiary/aromatic N) is 2. The molecule has 1 saturated heterocycles. The van der Waals surface area contributed by atoms with Gasteiger partial charge in [0.1, 0.15) is 23.8 Å². The minimum absolute atomic E-state index is 0.0454. The molecular weight excluding hydrogens is 340 g/mol. The highest BCUT2D eigenvalue weighted by Crippen LogP contribution is 2.24. The number of halogens is 3. The van der Waals surface area contributed by atoms with E-state index in [1.54, 1.807) is 0 Å². The van der Waals surface area contributed by atoms with Gasteiger partial charge in [0, 0.05) is 6.42 Å². The molecule has 0 aliphatic carbocycles. The third-order valence-corrected chi connectivity index (χ3v) is 3.45. The van der Waals surface area contributed by atoms with Crippen molar-refractivity contribution in [1.29, 1.82) is 0 Å². The third-order valence-electron chi connectivity index (χ3n) is 2.85. The van der Waals surface area contributed by atoms with Crippen LogP contribution in [0.15, 0.2) is 16.7 Å². The zero-order chi connectivity index (χ0) is 14.9. The highest BCUT2D eigenvalue weighted by atomic mass is 79.9. The predicted octanol–water partition coefficient (Wildman–Crippen LogP) is 2.01. The van der Waals surface area contributed by atoms with Crippen LogP contribution in [0.5, 0.6) is 0 Å². The Hall–Kier alpha value is -1.77. The lowest BCUT2D eigenvalue weighted by atomic mass is 10.2. The lowest BCUT2D eigenvalue weighted by Crippen LogP contribution is -2.42. The quantitative estimate of drug-likeness (QED) is 0.855. The van der Waals surface area contributed by atoms with Crippen molar-refractivity contribution in [3.8, 4) is 0 Å². The molecule has 0 aromatic carbocycles. The van der Waals surface area contributed by atoms with E-state index >= 15 is 0 Å². The number of aromatic nitrogens is 1. The van der Waals surface area contributed by atoms with E-state index < -0.39 is 30.0 Å². The van der Waals surface area contributed by atoms with Crippen molar-refractivity contribution in [2.45, 2.75) is 18.6 Å². The number of pyridine rings is 1.